The van der Waals surface area contributed by atoms with Crippen molar-refractivity contribution >= 4 is 45.9 Å². The van der Waals surface area contributed by atoms with Gasteiger partial charge in [-0.2, -0.15) is 0 Å². The number of hydrogen-bond donors (Lipinski definition) is 0. The number of fused-ring (bicyclic) bond motifs is 2. The largest absolute Gasteiger partial charge is 1.00 e. The van der Waals surface area contributed by atoms with Crippen molar-refractivity contribution in [2.75, 3.05) is 0 Å². The Bertz CT molecular complexity index is 653. The Balaban J connectivity index is 0.00000108. The van der Waals surface area contributed by atoms with Gasteiger partial charge in [0.1, 0.15) is 0 Å². The van der Waals surface area contributed by atoms with E-state index in [1.165, 1.54) is 56.8 Å². The Morgan fingerprint density at radius 1 is 1.16 bits per heavy atom. The first kappa shape index (κ1) is 20.3. The second-order valence-corrected chi connectivity index (χ2v) is 12.0. The van der Waals surface area contributed by atoms with Crippen LogP contribution < -0.4 is 47.7 Å². The summed E-state index contributed by atoms with van der Waals surface area (Å²) in [7, 11) is 0. The predicted octanol–water partition coefficient (Wildman–Crippen LogP) is -6.31. The van der Waals surface area contributed by atoms with Gasteiger partial charge >= 0.3 is 124 Å². The van der Waals surface area contributed by atoms with Gasteiger partial charge in [0.2, 0.25) is 0 Å². The normalized spacial score (nSPS) is 21.6. The van der Waals surface area contributed by atoms with E-state index in [0.29, 0.717) is 0 Å². The van der Waals surface area contributed by atoms with E-state index in [2.05, 4.69) is 54.1 Å². The molecule has 1 aliphatic carbocycles. The van der Waals surface area contributed by atoms with E-state index in [1.54, 1.807) is 0 Å². The van der Waals surface area contributed by atoms with Gasteiger partial charge in [0.25, 0.3) is 0 Å². The van der Waals surface area contributed by atoms with E-state index in [0.717, 1.165) is 0 Å². The molecule has 0 aromatic heterocycles. The molecule has 3 rings (SSSR count). The summed E-state index contributed by atoms with van der Waals surface area (Å²) in [5.74, 6) is 0. The summed E-state index contributed by atoms with van der Waals surface area (Å²) in [5, 5.41) is 2.81. The third-order valence-corrected chi connectivity index (χ3v) is 5.81. The van der Waals surface area contributed by atoms with Crippen LogP contribution in [0.3, 0.4) is 0 Å². The van der Waals surface area contributed by atoms with Crippen molar-refractivity contribution < 1.29 is 61.9 Å². The van der Waals surface area contributed by atoms with Crippen molar-refractivity contribution in [2.45, 2.75) is 20.1 Å². The minimum atomic E-state index is 0. The maximum Gasteiger partial charge on any atom is -1.00 e. The molecule has 19 heavy (non-hydrogen) atoms. The Morgan fingerprint density at radius 3 is 2.42 bits per heavy atom. The number of rotatable bonds is 0. The summed E-state index contributed by atoms with van der Waals surface area (Å²) in [5.41, 5.74) is 4.20. The van der Waals surface area contributed by atoms with E-state index in [4.69, 9.17) is 0 Å². The maximum atomic E-state index is 3.78. The van der Waals surface area contributed by atoms with Crippen LogP contribution in [0.4, 0.5) is 0 Å². The summed E-state index contributed by atoms with van der Waals surface area (Å²) in [6.45, 7) is 4.41. The molecule has 0 fully saturated rings. The van der Waals surface area contributed by atoms with Crippen LogP contribution in [0.5, 0.6) is 0 Å². The van der Waals surface area contributed by atoms with Crippen LogP contribution in [-0.2, 0) is 24.7 Å². The molecular formula is C13H10BrCl3SZr. The maximum absolute atomic E-state index is 3.78. The molecule has 1 unspecified atom stereocenters. The molecule has 100 valence electrons. The molecule has 1 aliphatic heterocycles. The van der Waals surface area contributed by atoms with Gasteiger partial charge in [0.15, 0.2) is 0 Å². The average molecular weight is 476 g/mol. The number of thioether (sulfide) groups is 1. The first-order valence-electron chi connectivity index (χ1n) is 5.16. The SMILES string of the molecule is CC1=Cc2c(C)c3c(cc2=C1)S[C](Br)([Zr+3])C=3.[Cl-].[Cl-].[Cl-]. The van der Waals surface area contributed by atoms with Crippen molar-refractivity contribution in [3.63, 3.8) is 0 Å². The molecule has 0 radical (unpaired) electrons. The smallest absolute Gasteiger partial charge is 1.00 e. The van der Waals surface area contributed by atoms with Crippen LogP contribution in [0, 0.1) is 6.92 Å². The second-order valence-electron chi connectivity index (χ2n) is 4.34. The van der Waals surface area contributed by atoms with Crippen LogP contribution in [0.25, 0.3) is 18.2 Å². The molecule has 2 aliphatic rings. The Morgan fingerprint density at radius 2 is 1.79 bits per heavy atom. The van der Waals surface area contributed by atoms with Gasteiger partial charge in [-0.05, 0) is 0 Å². The molecule has 0 N–H and O–H groups in total. The van der Waals surface area contributed by atoms with Crippen LogP contribution in [-0.4, -0.2) is 1.36 Å². The monoisotopic (exact) mass is 472 g/mol. The van der Waals surface area contributed by atoms with Gasteiger partial charge in [-0.3, -0.25) is 0 Å². The Hall–Kier alpha value is 1.28. The van der Waals surface area contributed by atoms with Gasteiger partial charge in [-0.1, -0.05) is 0 Å². The van der Waals surface area contributed by atoms with Crippen molar-refractivity contribution in [2.24, 2.45) is 0 Å². The van der Waals surface area contributed by atoms with E-state index in [1.807, 2.05) is 11.8 Å². The van der Waals surface area contributed by atoms with Crippen molar-refractivity contribution in [1.29, 1.82) is 0 Å². The Labute approximate surface area is 159 Å². The first-order valence-corrected chi connectivity index (χ1v) is 8.00. The molecule has 1 aromatic carbocycles. The van der Waals surface area contributed by atoms with Crippen molar-refractivity contribution in [3.8, 4) is 0 Å². The zero-order valence-electron chi connectivity index (χ0n) is 10.2. The number of benzene rings is 1. The molecule has 0 bridgehead atoms. The molecule has 0 spiro atoms. The zero-order valence-corrected chi connectivity index (χ0v) is 17.4. The number of alkyl halides is 1. The molecular weight excluding hydrogens is 466 g/mol. The van der Waals surface area contributed by atoms with E-state index < -0.39 is 0 Å². The summed E-state index contributed by atoms with van der Waals surface area (Å²) >= 11 is 7.22. The minimum Gasteiger partial charge on any atom is -1.00 e. The van der Waals surface area contributed by atoms with Gasteiger partial charge in [0, 0.05) is 0 Å². The molecule has 1 aromatic rings. The van der Waals surface area contributed by atoms with Crippen LogP contribution >= 0.6 is 27.7 Å². The second kappa shape index (κ2) is 7.03. The van der Waals surface area contributed by atoms with Crippen molar-refractivity contribution in [1.82, 2.24) is 0 Å². The molecule has 0 nitrogen and oxygen atoms in total. The molecule has 6 heteroatoms. The molecule has 0 saturated carbocycles. The fraction of sp³-hybridized carbons (Fsp3) is 0.231. The van der Waals surface area contributed by atoms with Crippen LogP contribution in [0.15, 0.2) is 16.5 Å². The molecule has 1 atom stereocenters. The van der Waals surface area contributed by atoms with Gasteiger partial charge < -0.3 is 37.2 Å². The van der Waals surface area contributed by atoms with E-state index in [-0.39, 0.29) is 38.6 Å². The molecule has 1 heterocycles. The van der Waals surface area contributed by atoms with E-state index >= 15 is 0 Å². The quantitative estimate of drug-likeness (QED) is 0.337. The van der Waals surface area contributed by atoms with Crippen LogP contribution in [0.2, 0.25) is 0 Å². The average Bonchev–Trinajstić information content (AvgIpc) is 2.65. The first-order chi connectivity index (χ1) is 7.46. The van der Waals surface area contributed by atoms with Crippen LogP contribution in [0.1, 0.15) is 18.1 Å². The summed E-state index contributed by atoms with van der Waals surface area (Å²) in [6.07, 6.45) is 6.93. The summed E-state index contributed by atoms with van der Waals surface area (Å²) in [6, 6.07) is 2.33. The fourth-order valence-corrected chi connectivity index (χ4v) is 5.23. The van der Waals surface area contributed by atoms with Gasteiger partial charge in [-0.25, -0.2) is 0 Å². The standard InChI is InChI=1S/C13H10BrS.3ClH.Zr/c1-7-3-9-5-12-11(6-13(14)15-12)8(2)10(9)4-7;;;;/h3-6H,1-2H3;3*1H;/q;;;;+3/p-3. The third kappa shape index (κ3) is 3.73. The topological polar surface area (TPSA) is 0 Å². The Kier molecular flexibility index (Phi) is 7.50. The number of allylic oxidation sites excluding steroid dienone is 1. The van der Waals surface area contributed by atoms with Gasteiger partial charge in [-0.15, -0.1) is 0 Å². The number of hydrogen-bond acceptors (Lipinski definition) is 1. The van der Waals surface area contributed by atoms with Gasteiger partial charge in [0.05, 0.1) is 0 Å². The zero-order chi connectivity index (χ0) is 11.5. The molecule has 0 amide bonds. The van der Waals surface area contributed by atoms with Crippen molar-refractivity contribution in [3.05, 3.63) is 33.2 Å². The summed E-state index contributed by atoms with van der Waals surface area (Å²) < 4.78 is 0.153. The fourth-order valence-electron chi connectivity index (χ4n) is 2.31. The minimum absolute atomic E-state index is 0. The number of halogens is 4. The third-order valence-electron chi connectivity index (χ3n) is 3.01. The molecule has 0 saturated heterocycles. The summed E-state index contributed by atoms with van der Waals surface area (Å²) in [4.78, 5) is 1.42. The predicted molar refractivity (Wildman–Crippen MR) is 70.5 cm³/mol. The van der Waals surface area contributed by atoms with E-state index in [9.17, 15) is 0 Å².